The van der Waals surface area contributed by atoms with Gasteiger partial charge in [-0.05, 0) is 6.07 Å². The molecule has 102 valence electrons. The molecule has 18 heavy (non-hydrogen) atoms. The molecule has 0 bridgehead atoms. The largest absolute Gasteiger partial charge is 0.347 e. The summed E-state index contributed by atoms with van der Waals surface area (Å²) in [7, 11) is 0.647. The highest BCUT2D eigenvalue weighted by Gasteiger charge is 2.34. The lowest BCUT2D eigenvalue weighted by Gasteiger charge is -2.09. The normalized spacial score (nSPS) is 13.1. The quantitative estimate of drug-likeness (QED) is 0.626. The molecule has 5 nitrogen and oxygen atoms in total. The molecule has 0 N–H and O–H groups in total. The number of nitrogens with zero attached hydrogens (tertiary/aromatic N) is 2. The van der Waals surface area contributed by atoms with Gasteiger partial charge in [-0.2, -0.15) is 0 Å². The second kappa shape index (κ2) is 5.02. The molecule has 0 aliphatic rings. The lowest BCUT2D eigenvalue weighted by Crippen LogP contribution is -2.22. The van der Waals surface area contributed by atoms with Crippen molar-refractivity contribution in [1.82, 2.24) is 8.87 Å². The average Bonchev–Trinajstić information content (AvgIpc) is 2.58. The van der Waals surface area contributed by atoms with E-state index >= 15 is 0 Å². The summed E-state index contributed by atoms with van der Waals surface area (Å²) in [6, 6.07) is 1.18. The van der Waals surface area contributed by atoms with E-state index in [1.807, 2.05) is 0 Å². The molecule has 0 spiro atoms. The molecule has 0 aliphatic heterocycles. The molecule has 1 rings (SSSR count). The fourth-order valence-electron chi connectivity index (χ4n) is 1.26. The minimum absolute atomic E-state index is 0.00965. The number of ketones is 1. The number of halogens is 3. The van der Waals surface area contributed by atoms with E-state index in [4.69, 9.17) is 34.8 Å². The van der Waals surface area contributed by atoms with Gasteiger partial charge in [0.1, 0.15) is 4.90 Å². The Balaban J connectivity index is 3.31. The summed E-state index contributed by atoms with van der Waals surface area (Å²) in [4.78, 5) is 11.7. The molecule has 0 aliphatic carbocycles. The van der Waals surface area contributed by atoms with Crippen LogP contribution in [0.25, 0.3) is 0 Å². The van der Waals surface area contributed by atoms with E-state index in [2.05, 4.69) is 0 Å². The van der Waals surface area contributed by atoms with Gasteiger partial charge in [-0.25, -0.2) is 12.7 Å². The van der Waals surface area contributed by atoms with Crippen LogP contribution < -0.4 is 0 Å². The highest BCUT2D eigenvalue weighted by atomic mass is 35.6. The van der Waals surface area contributed by atoms with Crippen LogP contribution in [0.15, 0.2) is 17.2 Å². The van der Waals surface area contributed by atoms with Crippen molar-refractivity contribution in [3.63, 3.8) is 0 Å². The zero-order valence-corrected chi connectivity index (χ0v) is 12.9. The Hall–Kier alpha value is -0.270. The van der Waals surface area contributed by atoms with Crippen LogP contribution in [-0.2, 0) is 17.1 Å². The van der Waals surface area contributed by atoms with Crippen molar-refractivity contribution in [1.29, 1.82) is 0 Å². The van der Waals surface area contributed by atoms with Crippen LogP contribution in [-0.4, -0.2) is 41.0 Å². The summed E-state index contributed by atoms with van der Waals surface area (Å²) in [5, 5.41) is 0. The van der Waals surface area contributed by atoms with Crippen LogP contribution in [0.3, 0.4) is 0 Å². The maximum absolute atomic E-state index is 11.9. The highest BCUT2D eigenvalue weighted by molar-refractivity contribution is 7.89. The van der Waals surface area contributed by atoms with Gasteiger partial charge >= 0.3 is 0 Å². The van der Waals surface area contributed by atoms with Gasteiger partial charge in [0.15, 0.2) is 0 Å². The van der Waals surface area contributed by atoms with Crippen molar-refractivity contribution >= 4 is 50.6 Å². The first kappa shape index (κ1) is 15.8. The fraction of sp³-hybridized carbons (Fsp3) is 0.444. The number of carbonyl (C=O) groups is 1. The van der Waals surface area contributed by atoms with Gasteiger partial charge in [-0.1, -0.05) is 34.8 Å². The molecule has 1 heterocycles. The molecule has 1 aromatic heterocycles. The van der Waals surface area contributed by atoms with Gasteiger partial charge in [0.05, 0.1) is 5.69 Å². The summed E-state index contributed by atoms with van der Waals surface area (Å²) < 4.78 is 24.0. The van der Waals surface area contributed by atoms with Crippen molar-refractivity contribution in [2.75, 3.05) is 14.1 Å². The smallest absolute Gasteiger partial charge is 0.255 e. The molecule has 9 heteroatoms. The van der Waals surface area contributed by atoms with E-state index in [1.54, 1.807) is 0 Å². The molecular weight excluding hydrogens is 323 g/mol. The van der Waals surface area contributed by atoms with Gasteiger partial charge in [0, 0.05) is 27.3 Å². The first-order chi connectivity index (χ1) is 7.98. The van der Waals surface area contributed by atoms with Gasteiger partial charge < -0.3 is 4.57 Å². The number of sulfonamides is 1. The molecule has 0 atom stereocenters. The molecule has 1 aromatic rings. The number of carbonyl (C=O) groups excluding carboxylic acids is 1. The SMILES string of the molecule is CN(C)S(=O)(=O)c1cc(C(=O)C(Cl)(Cl)Cl)n(C)c1. The highest BCUT2D eigenvalue weighted by Crippen LogP contribution is 2.31. The van der Waals surface area contributed by atoms with Crippen LogP contribution in [0.5, 0.6) is 0 Å². The lowest BCUT2D eigenvalue weighted by molar-refractivity contribution is 0.0988. The van der Waals surface area contributed by atoms with Crippen molar-refractivity contribution in [2.24, 2.45) is 7.05 Å². The van der Waals surface area contributed by atoms with Gasteiger partial charge in [-0.15, -0.1) is 0 Å². The number of Topliss-reactive ketones (excluding diaryl/α,β-unsaturated/α-hetero) is 1. The van der Waals surface area contributed by atoms with Crippen LogP contribution in [0, 0.1) is 0 Å². The number of hydrogen-bond donors (Lipinski definition) is 0. The lowest BCUT2D eigenvalue weighted by atomic mass is 10.3. The third-order valence-corrected chi connectivity index (χ3v) is 4.54. The van der Waals surface area contributed by atoms with Crippen molar-refractivity contribution in [3.8, 4) is 0 Å². The number of aryl methyl sites for hydroxylation is 1. The van der Waals surface area contributed by atoms with Crippen LogP contribution in [0.2, 0.25) is 0 Å². The molecule has 0 saturated heterocycles. The Labute approximate surface area is 120 Å². The summed E-state index contributed by atoms with van der Waals surface area (Å²) in [5.74, 6) is -0.782. The average molecular weight is 334 g/mol. The Morgan fingerprint density at radius 2 is 1.83 bits per heavy atom. The Bertz CT molecular complexity index is 572. The third kappa shape index (κ3) is 3.00. The number of aromatic nitrogens is 1. The van der Waals surface area contributed by atoms with Gasteiger partial charge in [0.25, 0.3) is 3.79 Å². The zero-order valence-electron chi connectivity index (χ0n) is 9.82. The van der Waals surface area contributed by atoms with Gasteiger partial charge in [-0.3, -0.25) is 4.79 Å². The Morgan fingerprint density at radius 3 is 2.22 bits per heavy atom. The predicted octanol–water partition coefficient (Wildman–Crippen LogP) is 1.83. The standard InChI is InChI=1S/C9H11Cl3N2O3S/c1-13(2)18(16,17)6-4-7(14(3)5-6)8(15)9(10,11)12/h4-5H,1-3H3. The van der Waals surface area contributed by atoms with Crippen molar-refractivity contribution in [3.05, 3.63) is 18.0 Å². The maximum Gasteiger partial charge on any atom is 0.255 e. The first-order valence-corrected chi connectivity index (χ1v) is 7.25. The molecular formula is C9H11Cl3N2O3S. The van der Waals surface area contributed by atoms with Crippen LogP contribution in [0.1, 0.15) is 10.5 Å². The fourth-order valence-corrected chi connectivity index (χ4v) is 2.52. The monoisotopic (exact) mass is 332 g/mol. The molecule has 0 saturated carbocycles. The summed E-state index contributed by atoms with van der Waals surface area (Å²) in [6.07, 6.45) is 1.29. The summed E-state index contributed by atoms with van der Waals surface area (Å²) in [5.41, 5.74) is 0.00965. The Morgan fingerprint density at radius 1 is 1.33 bits per heavy atom. The second-order valence-corrected chi connectivity index (χ2v) is 8.22. The van der Waals surface area contributed by atoms with E-state index in [1.165, 1.54) is 38.0 Å². The summed E-state index contributed by atoms with van der Waals surface area (Å²) >= 11 is 16.5. The molecule has 0 fully saturated rings. The van der Waals surface area contributed by atoms with Crippen LogP contribution >= 0.6 is 34.8 Å². The molecule has 0 amide bonds. The molecule has 0 unspecified atom stereocenters. The van der Waals surface area contributed by atoms with Crippen molar-refractivity contribution in [2.45, 2.75) is 8.69 Å². The van der Waals surface area contributed by atoms with Crippen molar-refractivity contribution < 1.29 is 13.2 Å². The summed E-state index contributed by atoms with van der Waals surface area (Å²) in [6.45, 7) is 0. The third-order valence-electron chi connectivity index (χ3n) is 2.25. The van der Waals surface area contributed by atoms with E-state index in [0.717, 1.165) is 4.31 Å². The number of alkyl halides is 3. The number of hydrogen-bond acceptors (Lipinski definition) is 3. The molecule has 0 radical (unpaired) electrons. The maximum atomic E-state index is 11.9. The minimum atomic E-state index is -3.63. The zero-order chi connectivity index (χ0) is 14.3. The van der Waals surface area contributed by atoms with Crippen LogP contribution in [0.4, 0.5) is 0 Å². The van der Waals surface area contributed by atoms with E-state index in [-0.39, 0.29) is 10.6 Å². The predicted molar refractivity (Wildman–Crippen MR) is 70.9 cm³/mol. The van der Waals surface area contributed by atoms with Gasteiger partial charge in [0.2, 0.25) is 15.8 Å². The second-order valence-electron chi connectivity index (χ2n) is 3.79. The van der Waals surface area contributed by atoms with E-state index < -0.39 is 19.6 Å². The minimum Gasteiger partial charge on any atom is -0.347 e. The van der Waals surface area contributed by atoms with E-state index in [0.29, 0.717) is 0 Å². The Kier molecular flexibility index (Phi) is 4.40. The van der Waals surface area contributed by atoms with E-state index in [9.17, 15) is 13.2 Å². The topological polar surface area (TPSA) is 59.4 Å². The number of rotatable bonds is 3. The first-order valence-electron chi connectivity index (χ1n) is 4.68. The molecule has 0 aromatic carbocycles.